The molecule has 0 aromatic heterocycles. The standard InChI is InChI=1S/C15H14BrNO3S2/c1-4-5-17-14(18)12(22-15(17)21)7-9-6-10(16)8-11(19-2)13(9)20-3/h4,6-8H,1,5H2,2-3H3/b12-7-. The van der Waals surface area contributed by atoms with Crippen LogP contribution in [0.5, 0.6) is 11.5 Å². The number of benzene rings is 1. The molecular formula is C15H14BrNO3S2. The molecule has 1 aliphatic heterocycles. The molecule has 0 atom stereocenters. The van der Waals surface area contributed by atoms with Gasteiger partial charge in [-0.25, -0.2) is 0 Å². The van der Waals surface area contributed by atoms with Gasteiger partial charge in [-0.1, -0.05) is 46.0 Å². The quantitative estimate of drug-likeness (QED) is 0.427. The minimum atomic E-state index is -0.129. The fraction of sp³-hybridized carbons (Fsp3) is 0.200. The van der Waals surface area contributed by atoms with E-state index in [0.29, 0.717) is 27.3 Å². The third kappa shape index (κ3) is 3.37. The largest absolute Gasteiger partial charge is 0.493 e. The topological polar surface area (TPSA) is 38.8 Å². The highest BCUT2D eigenvalue weighted by molar-refractivity contribution is 9.10. The molecule has 0 spiro atoms. The van der Waals surface area contributed by atoms with Crippen LogP contribution in [0.4, 0.5) is 0 Å². The molecule has 1 fully saturated rings. The molecule has 116 valence electrons. The van der Waals surface area contributed by atoms with E-state index in [9.17, 15) is 4.79 Å². The molecule has 0 bridgehead atoms. The van der Waals surface area contributed by atoms with Crippen LogP contribution < -0.4 is 9.47 Å². The second-order valence-corrected chi connectivity index (χ2v) is 6.90. The van der Waals surface area contributed by atoms with E-state index in [1.165, 1.54) is 16.7 Å². The highest BCUT2D eigenvalue weighted by Gasteiger charge is 2.31. The molecule has 4 nitrogen and oxygen atoms in total. The maximum absolute atomic E-state index is 12.4. The number of amides is 1. The van der Waals surface area contributed by atoms with Crippen LogP contribution in [0.25, 0.3) is 6.08 Å². The van der Waals surface area contributed by atoms with Gasteiger partial charge in [-0.15, -0.1) is 6.58 Å². The van der Waals surface area contributed by atoms with E-state index in [0.717, 1.165) is 10.0 Å². The summed E-state index contributed by atoms with van der Waals surface area (Å²) in [5.41, 5.74) is 0.743. The van der Waals surface area contributed by atoms with Gasteiger partial charge in [0.05, 0.1) is 19.1 Å². The number of methoxy groups -OCH3 is 2. The summed E-state index contributed by atoms with van der Waals surface area (Å²) < 4.78 is 12.1. The third-order valence-electron chi connectivity index (χ3n) is 2.94. The number of ether oxygens (including phenoxy) is 2. The number of thiocarbonyl (C=S) groups is 1. The van der Waals surface area contributed by atoms with Crippen molar-refractivity contribution in [3.05, 3.63) is 39.7 Å². The summed E-state index contributed by atoms with van der Waals surface area (Å²) in [5, 5.41) is 0. The maximum atomic E-state index is 12.4. The summed E-state index contributed by atoms with van der Waals surface area (Å²) in [5.74, 6) is 1.03. The van der Waals surface area contributed by atoms with Gasteiger partial charge in [0.25, 0.3) is 5.91 Å². The van der Waals surface area contributed by atoms with Crippen molar-refractivity contribution < 1.29 is 14.3 Å². The van der Waals surface area contributed by atoms with E-state index in [2.05, 4.69) is 22.5 Å². The molecule has 1 amide bonds. The summed E-state index contributed by atoms with van der Waals surface area (Å²) in [7, 11) is 3.13. The SMILES string of the molecule is C=CCN1C(=O)/C(=C/c2cc(Br)cc(OC)c2OC)SC1=S. The molecule has 1 aliphatic rings. The monoisotopic (exact) mass is 399 g/mol. The molecule has 1 aromatic carbocycles. The Balaban J connectivity index is 2.45. The van der Waals surface area contributed by atoms with Crippen LogP contribution in [0, 0.1) is 0 Å². The van der Waals surface area contributed by atoms with Crippen molar-refractivity contribution in [3.8, 4) is 11.5 Å². The fourth-order valence-corrected chi connectivity index (χ4v) is 3.71. The zero-order valence-electron chi connectivity index (χ0n) is 12.1. The van der Waals surface area contributed by atoms with Crippen LogP contribution in [0.15, 0.2) is 34.2 Å². The van der Waals surface area contributed by atoms with Crippen molar-refractivity contribution in [1.29, 1.82) is 0 Å². The van der Waals surface area contributed by atoms with Gasteiger partial charge in [0.15, 0.2) is 11.5 Å². The first-order chi connectivity index (χ1) is 10.5. The van der Waals surface area contributed by atoms with E-state index in [1.807, 2.05) is 6.07 Å². The van der Waals surface area contributed by atoms with Crippen LogP contribution >= 0.6 is 39.9 Å². The smallest absolute Gasteiger partial charge is 0.266 e. The Morgan fingerprint density at radius 1 is 1.41 bits per heavy atom. The zero-order chi connectivity index (χ0) is 16.3. The lowest BCUT2D eigenvalue weighted by Gasteiger charge is -2.12. The number of carbonyl (C=O) groups excluding carboxylic acids is 1. The predicted octanol–water partition coefficient (Wildman–Crippen LogP) is 3.85. The Kier molecular flexibility index (Phi) is 5.66. The van der Waals surface area contributed by atoms with Gasteiger partial charge < -0.3 is 9.47 Å². The van der Waals surface area contributed by atoms with Crippen molar-refractivity contribution in [1.82, 2.24) is 4.90 Å². The second-order valence-electron chi connectivity index (χ2n) is 4.31. The van der Waals surface area contributed by atoms with Crippen LogP contribution in [-0.4, -0.2) is 35.9 Å². The van der Waals surface area contributed by atoms with E-state index in [-0.39, 0.29) is 5.91 Å². The van der Waals surface area contributed by atoms with Crippen molar-refractivity contribution in [2.45, 2.75) is 0 Å². The third-order valence-corrected chi connectivity index (χ3v) is 4.78. The van der Waals surface area contributed by atoms with Gasteiger partial charge in [-0.2, -0.15) is 0 Å². The molecule has 0 unspecified atom stereocenters. The first kappa shape index (κ1) is 17.1. The summed E-state index contributed by atoms with van der Waals surface area (Å²) in [4.78, 5) is 14.4. The lowest BCUT2D eigenvalue weighted by Crippen LogP contribution is -2.27. The Labute approximate surface area is 147 Å². The first-order valence-electron chi connectivity index (χ1n) is 6.29. The van der Waals surface area contributed by atoms with Crippen molar-refractivity contribution >= 4 is 56.2 Å². The number of hydrogen-bond donors (Lipinski definition) is 0. The van der Waals surface area contributed by atoms with Gasteiger partial charge in [0.1, 0.15) is 4.32 Å². The lowest BCUT2D eigenvalue weighted by atomic mass is 10.1. The molecule has 1 heterocycles. The number of carbonyl (C=O) groups is 1. The molecule has 7 heteroatoms. The molecule has 0 N–H and O–H groups in total. The van der Waals surface area contributed by atoms with Crippen LogP contribution in [0.2, 0.25) is 0 Å². The highest BCUT2D eigenvalue weighted by atomic mass is 79.9. The van der Waals surface area contributed by atoms with Gasteiger partial charge in [0.2, 0.25) is 0 Å². The Bertz CT molecular complexity index is 673. The molecule has 1 aromatic rings. The number of rotatable bonds is 5. The van der Waals surface area contributed by atoms with E-state index >= 15 is 0 Å². The summed E-state index contributed by atoms with van der Waals surface area (Å²) in [6.45, 7) is 4.04. The van der Waals surface area contributed by atoms with Crippen molar-refractivity contribution in [2.24, 2.45) is 0 Å². The normalized spacial score (nSPS) is 16.3. The molecule has 0 radical (unpaired) electrons. The Morgan fingerprint density at radius 2 is 2.14 bits per heavy atom. The molecule has 0 aliphatic carbocycles. The molecular weight excluding hydrogens is 386 g/mol. The van der Waals surface area contributed by atoms with Gasteiger partial charge in [0, 0.05) is 16.6 Å². The Morgan fingerprint density at radius 3 is 2.73 bits per heavy atom. The molecule has 1 saturated heterocycles. The van der Waals surface area contributed by atoms with Crippen LogP contribution in [0.3, 0.4) is 0 Å². The van der Waals surface area contributed by atoms with Gasteiger partial charge >= 0.3 is 0 Å². The average molecular weight is 400 g/mol. The minimum absolute atomic E-state index is 0.129. The molecule has 2 rings (SSSR count). The highest BCUT2D eigenvalue weighted by Crippen LogP contribution is 2.39. The minimum Gasteiger partial charge on any atom is -0.493 e. The summed E-state index contributed by atoms with van der Waals surface area (Å²) >= 11 is 9.91. The second kappa shape index (κ2) is 7.30. The number of nitrogens with zero attached hydrogens (tertiary/aromatic N) is 1. The zero-order valence-corrected chi connectivity index (χ0v) is 15.3. The number of thioether (sulfide) groups is 1. The van der Waals surface area contributed by atoms with Crippen molar-refractivity contribution in [3.63, 3.8) is 0 Å². The predicted molar refractivity (Wildman–Crippen MR) is 97.3 cm³/mol. The van der Waals surface area contributed by atoms with E-state index in [4.69, 9.17) is 21.7 Å². The Hall–Kier alpha value is -1.31. The van der Waals surface area contributed by atoms with E-state index in [1.54, 1.807) is 32.4 Å². The van der Waals surface area contributed by atoms with E-state index < -0.39 is 0 Å². The summed E-state index contributed by atoms with van der Waals surface area (Å²) in [6.07, 6.45) is 3.41. The maximum Gasteiger partial charge on any atom is 0.266 e. The number of halogens is 1. The fourth-order valence-electron chi connectivity index (χ4n) is 1.99. The van der Waals surface area contributed by atoms with Gasteiger partial charge in [-0.3, -0.25) is 9.69 Å². The average Bonchev–Trinajstić information content (AvgIpc) is 2.74. The van der Waals surface area contributed by atoms with Crippen molar-refractivity contribution in [2.75, 3.05) is 20.8 Å². The molecule has 0 saturated carbocycles. The van der Waals surface area contributed by atoms with Gasteiger partial charge in [-0.05, 0) is 18.2 Å². The molecule has 22 heavy (non-hydrogen) atoms. The van der Waals surface area contributed by atoms with Crippen LogP contribution in [0.1, 0.15) is 5.56 Å². The first-order valence-corrected chi connectivity index (χ1v) is 8.31. The number of hydrogen-bond acceptors (Lipinski definition) is 5. The summed E-state index contributed by atoms with van der Waals surface area (Å²) in [6, 6.07) is 3.67. The lowest BCUT2D eigenvalue weighted by molar-refractivity contribution is -0.121. The van der Waals surface area contributed by atoms with Crippen LogP contribution in [-0.2, 0) is 4.79 Å².